The van der Waals surface area contributed by atoms with Crippen LogP contribution in [0.2, 0.25) is 0 Å². The molecular formula is C13H18N6O4. The number of H-pyrrole nitrogens is 1. The number of aliphatic imine (C=N–C) groups is 1. The minimum atomic E-state index is -0.782. The first-order chi connectivity index (χ1) is 11.0. The molecule has 1 fully saturated rings. The number of hydrogen-bond acceptors (Lipinski definition) is 7. The molecule has 124 valence electrons. The average Bonchev–Trinajstić information content (AvgIpc) is 3.08. The van der Waals surface area contributed by atoms with Crippen molar-refractivity contribution in [3.63, 3.8) is 0 Å². The number of aromatic amines is 1. The predicted molar refractivity (Wildman–Crippen MR) is 81.6 cm³/mol. The van der Waals surface area contributed by atoms with Gasteiger partial charge in [-0.2, -0.15) is 4.98 Å². The highest BCUT2D eigenvalue weighted by Crippen LogP contribution is 2.30. The van der Waals surface area contributed by atoms with E-state index in [1.165, 1.54) is 12.7 Å². The van der Waals surface area contributed by atoms with Gasteiger partial charge in [0, 0.05) is 20.5 Å². The Labute approximate surface area is 131 Å². The third kappa shape index (κ3) is 2.96. The van der Waals surface area contributed by atoms with Crippen LogP contribution in [0.4, 0.5) is 5.95 Å². The van der Waals surface area contributed by atoms with Gasteiger partial charge in [-0.3, -0.25) is 14.3 Å². The molecule has 3 unspecified atom stereocenters. The van der Waals surface area contributed by atoms with Crippen LogP contribution in [0.5, 0.6) is 0 Å². The maximum absolute atomic E-state index is 12.1. The molecule has 1 aliphatic heterocycles. The summed E-state index contributed by atoms with van der Waals surface area (Å²) in [6.07, 6.45) is 1.24. The molecule has 3 heterocycles. The number of nitrogens with zero attached hydrogens (tertiary/aromatic N) is 5. The summed E-state index contributed by atoms with van der Waals surface area (Å²) in [7, 11) is 3.60. The van der Waals surface area contributed by atoms with Crippen LogP contribution in [0.1, 0.15) is 12.6 Å². The van der Waals surface area contributed by atoms with Crippen LogP contribution in [0.15, 0.2) is 16.1 Å². The molecule has 0 spiro atoms. The molecule has 0 amide bonds. The second-order valence-corrected chi connectivity index (χ2v) is 5.54. The summed E-state index contributed by atoms with van der Waals surface area (Å²) in [5.74, 6) is 0.148. The van der Waals surface area contributed by atoms with Crippen molar-refractivity contribution in [1.82, 2.24) is 24.4 Å². The van der Waals surface area contributed by atoms with E-state index >= 15 is 0 Å². The van der Waals surface area contributed by atoms with Crippen molar-refractivity contribution in [2.45, 2.75) is 24.9 Å². The first kappa shape index (κ1) is 15.6. The molecule has 3 atom stereocenters. The fourth-order valence-corrected chi connectivity index (χ4v) is 2.41. The van der Waals surface area contributed by atoms with Gasteiger partial charge in [0.05, 0.1) is 25.4 Å². The van der Waals surface area contributed by atoms with E-state index in [-0.39, 0.29) is 24.5 Å². The van der Waals surface area contributed by atoms with Crippen molar-refractivity contribution in [2.24, 2.45) is 4.99 Å². The molecular weight excluding hydrogens is 304 g/mol. The summed E-state index contributed by atoms with van der Waals surface area (Å²) in [6.45, 7) is -0.281. The number of aliphatic hydroxyl groups excluding tert-OH is 2. The Morgan fingerprint density at radius 2 is 2.39 bits per heavy atom. The molecule has 0 radical (unpaired) electrons. The van der Waals surface area contributed by atoms with E-state index in [0.717, 1.165) is 0 Å². The minimum Gasteiger partial charge on any atom is -0.394 e. The lowest BCUT2D eigenvalue weighted by atomic mass is 10.2. The molecule has 2 aromatic heterocycles. The number of fused-ring (bicyclic) bond motifs is 1. The normalized spacial score (nSPS) is 24.8. The third-order valence-electron chi connectivity index (χ3n) is 3.53. The quantitative estimate of drug-likeness (QED) is 0.485. The highest BCUT2D eigenvalue weighted by molar-refractivity contribution is 5.71. The molecule has 3 N–H and O–H groups in total. The van der Waals surface area contributed by atoms with Crippen molar-refractivity contribution in [1.29, 1.82) is 0 Å². The number of rotatable bonds is 4. The summed E-state index contributed by atoms with van der Waals surface area (Å²) >= 11 is 0. The van der Waals surface area contributed by atoms with Crippen LogP contribution >= 0.6 is 0 Å². The second kappa shape index (κ2) is 6.07. The Morgan fingerprint density at radius 1 is 1.61 bits per heavy atom. The molecule has 0 saturated carbocycles. The number of aromatic nitrogens is 4. The average molecular weight is 322 g/mol. The Morgan fingerprint density at radius 3 is 3.04 bits per heavy atom. The molecule has 10 heteroatoms. The van der Waals surface area contributed by atoms with Crippen LogP contribution in [-0.4, -0.2) is 73.9 Å². The van der Waals surface area contributed by atoms with E-state index in [2.05, 4.69) is 19.9 Å². The Balaban J connectivity index is 2.00. The summed E-state index contributed by atoms with van der Waals surface area (Å²) in [4.78, 5) is 28.7. The Kier molecular flexibility index (Phi) is 4.11. The molecule has 10 nitrogen and oxygen atoms in total. The van der Waals surface area contributed by atoms with Gasteiger partial charge >= 0.3 is 0 Å². The lowest BCUT2D eigenvalue weighted by molar-refractivity contribution is -0.0432. The van der Waals surface area contributed by atoms with E-state index in [1.807, 2.05) is 0 Å². The van der Waals surface area contributed by atoms with Gasteiger partial charge in [-0.25, -0.2) is 9.98 Å². The maximum atomic E-state index is 12.1. The van der Waals surface area contributed by atoms with Crippen molar-refractivity contribution in [3.8, 4) is 0 Å². The van der Waals surface area contributed by atoms with Crippen LogP contribution in [0.25, 0.3) is 11.2 Å². The molecule has 3 rings (SSSR count). The largest absolute Gasteiger partial charge is 0.394 e. The molecule has 2 aromatic rings. The fourth-order valence-electron chi connectivity index (χ4n) is 2.41. The van der Waals surface area contributed by atoms with Crippen LogP contribution in [0.3, 0.4) is 0 Å². The summed E-state index contributed by atoms with van der Waals surface area (Å²) in [5.41, 5.74) is 0.0756. The first-order valence-electron chi connectivity index (χ1n) is 7.11. The molecule has 1 aliphatic rings. The highest BCUT2D eigenvalue weighted by atomic mass is 16.5. The smallest absolute Gasteiger partial charge is 0.280 e. The predicted octanol–water partition coefficient (Wildman–Crippen LogP) is -1.02. The Bertz CT molecular complexity index is 782. The molecule has 0 aliphatic carbocycles. The van der Waals surface area contributed by atoms with Crippen LogP contribution in [-0.2, 0) is 4.74 Å². The zero-order chi connectivity index (χ0) is 16.6. The minimum absolute atomic E-state index is 0.148. The van der Waals surface area contributed by atoms with Crippen molar-refractivity contribution in [3.05, 3.63) is 16.7 Å². The monoisotopic (exact) mass is 322 g/mol. The van der Waals surface area contributed by atoms with Gasteiger partial charge < -0.3 is 19.8 Å². The fraction of sp³-hybridized carbons (Fsp3) is 0.538. The number of hydrogen-bond donors (Lipinski definition) is 3. The molecule has 23 heavy (non-hydrogen) atoms. The van der Waals surface area contributed by atoms with Crippen molar-refractivity contribution >= 4 is 23.5 Å². The summed E-state index contributed by atoms with van der Waals surface area (Å²) < 4.78 is 7.14. The van der Waals surface area contributed by atoms with E-state index in [9.17, 15) is 15.0 Å². The van der Waals surface area contributed by atoms with E-state index in [4.69, 9.17) is 4.74 Å². The lowest BCUT2D eigenvalue weighted by Gasteiger charge is -2.13. The van der Waals surface area contributed by atoms with Crippen LogP contribution in [0, 0.1) is 0 Å². The number of imidazole rings is 1. The topological polar surface area (TPSA) is 129 Å². The van der Waals surface area contributed by atoms with E-state index in [1.54, 1.807) is 23.6 Å². The van der Waals surface area contributed by atoms with E-state index in [0.29, 0.717) is 5.65 Å². The summed E-state index contributed by atoms with van der Waals surface area (Å²) in [5, 5.41) is 19.0. The van der Waals surface area contributed by atoms with Gasteiger partial charge in [0.25, 0.3) is 5.56 Å². The zero-order valence-electron chi connectivity index (χ0n) is 12.7. The number of nitrogens with one attached hydrogen (secondary N) is 1. The SMILES string of the molecule is CN(C)/C=N/c1nc2c(ncn2C2CC(O)C(CO)O2)c(=O)[nH]1. The maximum Gasteiger partial charge on any atom is 0.280 e. The van der Waals surface area contributed by atoms with E-state index < -0.39 is 24.0 Å². The van der Waals surface area contributed by atoms with Gasteiger partial charge in [0.1, 0.15) is 12.3 Å². The van der Waals surface area contributed by atoms with Gasteiger partial charge in [-0.1, -0.05) is 0 Å². The number of aliphatic hydroxyl groups is 2. The summed E-state index contributed by atoms with van der Waals surface area (Å²) in [6, 6.07) is 0. The molecule has 0 bridgehead atoms. The van der Waals surface area contributed by atoms with Gasteiger partial charge in [-0.15, -0.1) is 0 Å². The molecule has 1 saturated heterocycles. The Hall–Kier alpha value is -2.30. The highest BCUT2D eigenvalue weighted by Gasteiger charge is 2.35. The van der Waals surface area contributed by atoms with Gasteiger partial charge in [-0.05, 0) is 0 Å². The lowest BCUT2D eigenvalue weighted by Crippen LogP contribution is -2.24. The zero-order valence-corrected chi connectivity index (χ0v) is 12.7. The van der Waals surface area contributed by atoms with Gasteiger partial charge in [0.2, 0.25) is 5.95 Å². The first-order valence-corrected chi connectivity index (χ1v) is 7.11. The molecule has 0 aromatic carbocycles. The second-order valence-electron chi connectivity index (χ2n) is 5.54. The third-order valence-corrected chi connectivity index (χ3v) is 3.53. The standard InChI is InChI=1S/C13H18N6O4/c1-18(2)5-15-13-16-11-10(12(22)17-13)14-6-19(11)9-3-7(21)8(4-20)23-9/h5-9,20-21H,3-4H2,1-2H3,(H,16,17,22)/b15-5+. The number of ether oxygens (including phenoxy) is 1. The van der Waals surface area contributed by atoms with Gasteiger partial charge in [0.15, 0.2) is 11.2 Å². The van der Waals surface area contributed by atoms with Crippen molar-refractivity contribution in [2.75, 3.05) is 20.7 Å². The van der Waals surface area contributed by atoms with Crippen LogP contribution < -0.4 is 5.56 Å². The van der Waals surface area contributed by atoms with Crippen molar-refractivity contribution < 1.29 is 14.9 Å².